The van der Waals surface area contributed by atoms with Crippen molar-refractivity contribution in [1.82, 2.24) is 0 Å². The highest BCUT2D eigenvalue weighted by molar-refractivity contribution is 8.05. The van der Waals surface area contributed by atoms with Gasteiger partial charge in [0.25, 0.3) is 0 Å². The van der Waals surface area contributed by atoms with Crippen molar-refractivity contribution in [3.8, 4) is 0 Å². The topological polar surface area (TPSA) is 34.1 Å². The summed E-state index contributed by atoms with van der Waals surface area (Å²) in [5.41, 5.74) is 0. The Balaban J connectivity index is 0.000000212. The molecule has 20 heavy (non-hydrogen) atoms. The Morgan fingerprint density at radius 3 is 1.10 bits per heavy atom. The van der Waals surface area contributed by atoms with Gasteiger partial charge in [-0.05, 0) is 24.3 Å². The largest absolute Gasteiger partial charge is 0.291 e. The van der Waals surface area contributed by atoms with E-state index in [4.69, 9.17) is 0 Å². The van der Waals surface area contributed by atoms with Gasteiger partial charge in [-0.25, -0.2) is 0 Å². The van der Waals surface area contributed by atoms with E-state index in [-0.39, 0.29) is 11.6 Å². The minimum absolute atomic E-state index is 0.380. The number of hydrogen-bond donors (Lipinski definition) is 0. The molecule has 0 radical (unpaired) electrons. The molecule has 2 aromatic rings. The average Bonchev–Trinajstić information content (AvgIpc) is 2.45. The fourth-order valence-electron chi connectivity index (χ4n) is 1.47. The van der Waals surface area contributed by atoms with Gasteiger partial charge in [0.2, 0.25) is 0 Å². The third-order valence-corrected chi connectivity index (χ3v) is 5.20. The van der Waals surface area contributed by atoms with E-state index in [2.05, 4.69) is 48.5 Å². The van der Waals surface area contributed by atoms with E-state index in [0.29, 0.717) is 0 Å². The van der Waals surface area contributed by atoms with Gasteiger partial charge in [-0.1, -0.05) is 47.8 Å². The fourth-order valence-corrected chi connectivity index (χ4v) is 3.71. The summed E-state index contributed by atoms with van der Waals surface area (Å²) in [7, 11) is 0. The van der Waals surface area contributed by atoms with Crippen LogP contribution in [0.15, 0.2) is 68.1 Å². The molecule has 0 atom stereocenters. The van der Waals surface area contributed by atoms with Crippen molar-refractivity contribution in [2.75, 3.05) is 0 Å². The molecule has 1 aliphatic heterocycles. The molecule has 0 fully saturated rings. The van der Waals surface area contributed by atoms with Gasteiger partial charge in [0.05, 0.1) is 0 Å². The van der Waals surface area contributed by atoms with E-state index < -0.39 is 0 Å². The molecule has 102 valence electrons. The molecule has 2 aromatic carbocycles. The van der Waals surface area contributed by atoms with Crippen molar-refractivity contribution in [1.29, 1.82) is 0 Å². The quantitative estimate of drug-likeness (QED) is 0.621. The molecule has 0 aliphatic carbocycles. The molecule has 0 aromatic heterocycles. The molecule has 0 amide bonds. The van der Waals surface area contributed by atoms with Gasteiger partial charge in [0.1, 0.15) is 0 Å². The van der Waals surface area contributed by atoms with Gasteiger partial charge >= 0.3 is 0 Å². The maximum atomic E-state index is 9.79. The molecule has 0 saturated heterocycles. The van der Waals surface area contributed by atoms with E-state index in [1.165, 1.54) is 33.4 Å². The zero-order valence-corrected chi connectivity index (χ0v) is 12.9. The van der Waals surface area contributed by atoms with E-state index in [9.17, 15) is 9.59 Å². The second-order valence-corrected chi connectivity index (χ2v) is 6.38. The number of carbonyl (C=O) groups is 2. The molecule has 2 nitrogen and oxygen atoms in total. The lowest BCUT2D eigenvalue weighted by Crippen LogP contribution is -2.01. The first-order valence-corrected chi connectivity index (χ1v) is 7.76. The van der Waals surface area contributed by atoms with Gasteiger partial charge in [-0.2, -0.15) is 0 Å². The van der Waals surface area contributed by atoms with Crippen molar-refractivity contribution in [2.24, 2.45) is 0 Å². The Morgan fingerprint density at radius 1 is 0.650 bits per heavy atom. The highest BCUT2D eigenvalue weighted by Crippen LogP contribution is 2.47. The maximum absolute atomic E-state index is 9.79. The van der Waals surface area contributed by atoms with Crippen LogP contribution in [0.4, 0.5) is 0 Å². The summed E-state index contributed by atoms with van der Waals surface area (Å²) in [4.78, 5) is 25.1. The summed E-state index contributed by atoms with van der Waals surface area (Å²) < 4.78 is 0. The predicted octanol–water partition coefficient (Wildman–Crippen LogP) is 4.47. The second kappa shape index (κ2) is 6.77. The van der Waals surface area contributed by atoms with Gasteiger partial charge in [0, 0.05) is 33.4 Å². The van der Waals surface area contributed by atoms with Crippen LogP contribution in [0.5, 0.6) is 0 Å². The molecule has 4 heteroatoms. The first-order chi connectivity index (χ1) is 9.58. The first-order valence-electron chi connectivity index (χ1n) is 6.13. The third-order valence-electron chi connectivity index (χ3n) is 2.63. The summed E-state index contributed by atoms with van der Waals surface area (Å²) >= 11 is 3.72. The number of hydrogen-bond acceptors (Lipinski definition) is 4. The molecule has 0 N–H and O–H groups in total. The Morgan fingerprint density at radius 2 is 0.900 bits per heavy atom. The standard InChI is InChI=1S/C12H8S2.C4H6O2/c1-2-6-10-9(5-1)13-11-7-3-4-8-12(11)14-10;1-3(5)4(2)6/h1-8H;1-2H3. The Labute approximate surface area is 127 Å². The number of benzene rings is 2. The lowest BCUT2D eigenvalue weighted by Gasteiger charge is -2.17. The highest BCUT2D eigenvalue weighted by Gasteiger charge is 2.14. The highest BCUT2D eigenvalue weighted by atomic mass is 32.2. The van der Waals surface area contributed by atoms with E-state index in [1.54, 1.807) is 0 Å². The molecule has 0 spiro atoms. The Kier molecular flexibility index (Phi) is 5.04. The molecule has 1 heterocycles. The summed E-state index contributed by atoms with van der Waals surface area (Å²) in [5.74, 6) is -0.759. The third kappa shape index (κ3) is 3.74. The number of ketones is 2. The van der Waals surface area contributed by atoms with Crippen molar-refractivity contribution < 1.29 is 9.59 Å². The van der Waals surface area contributed by atoms with Crippen molar-refractivity contribution in [3.63, 3.8) is 0 Å². The van der Waals surface area contributed by atoms with Crippen LogP contribution >= 0.6 is 23.5 Å². The van der Waals surface area contributed by atoms with E-state index >= 15 is 0 Å². The summed E-state index contributed by atoms with van der Waals surface area (Å²) in [6, 6.07) is 17.1. The summed E-state index contributed by atoms with van der Waals surface area (Å²) in [5, 5.41) is 0. The SMILES string of the molecule is CC(=O)C(C)=O.c1ccc2c(c1)Sc1ccccc1S2. The zero-order chi connectivity index (χ0) is 14.5. The number of fused-ring (bicyclic) bond motifs is 2. The molecule has 0 saturated carbocycles. The van der Waals surface area contributed by atoms with Gasteiger partial charge in [0.15, 0.2) is 11.6 Å². The van der Waals surface area contributed by atoms with Gasteiger partial charge in [-0.15, -0.1) is 0 Å². The number of carbonyl (C=O) groups excluding carboxylic acids is 2. The summed E-state index contributed by atoms with van der Waals surface area (Å²) in [6.07, 6.45) is 0. The minimum atomic E-state index is -0.380. The van der Waals surface area contributed by atoms with Gasteiger partial charge < -0.3 is 0 Å². The molecular formula is C16H14O2S2. The fraction of sp³-hybridized carbons (Fsp3) is 0.125. The Hall–Kier alpha value is -1.52. The molecular weight excluding hydrogens is 288 g/mol. The van der Waals surface area contributed by atoms with Crippen LogP contribution in [0.2, 0.25) is 0 Å². The smallest absolute Gasteiger partial charge is 0.195 e. The maximum Gasteiger partial charge on any atom is 0.195 e. The zero-order valence-electron chi connectivity index (χ0n) is 11.3. The molecule has 1 aliphatic rings. The van der Waals surface area contributed by atoms with Crippen LogP contribution in [0.3, 0.4) is 0 Å². The molecule has 0 unspecified atom stereocenters. The number of Topliss-reactive ketones (excluding diaryl/α,β-unsaturated/α-hetero) is 2. The van der Waals surface area contributed by atoms with Crippen molar-refractivity contribution >= 4 is 35.1 Å². The van der Waals surface area contributed by atoms with Crippen LogP contribution in [-0.2, 0) is 9.59 Å². The van der Waals surface area contributed by atoms with Crippen LogP contribution in [-0.4, -0.2) is 11.6 Å². The molecule has 3 rings (SSSR count). The van der Waals surface area contributed by atoms with Crippen LogP contribution in [0.25, 0.3) is 0 Å². The predicted molar refractivity (Wildman–Crippen MR) is 82.5 cm³/mol. The normalized spacial score (nSPS) is 11.5. The van der Waals surface area contributed by atoms with Crippen molar-refractivity contribution in [3.05, 3.63) is 48.5 Å². The summed E-state index contributed by atoms with van der Waals surface area (Å²) in [6.45, 7) is 2.50. The van der Waals surface area contributed by atoms with Crippen molar-refractivity contribution in [2.45, 2.75) is 33.4 Å². The Bertz CT molecular complexity index is 551. The van der Waals surface area contributed by atoms with Crippen LogP contribution < -0.4 is 0 Å². The monoisotopic (exact) mass is 302 g/mol. The lowest BCUT2D eigenvalue weighted by atomic mass is 10.3. The van der Waals surface area contributed by atoms with E-state index in [0.717, 1.165) is 0 Å². The van der Waals surface area contributed by atoms with Crippen LogP contribution in [0.1, 0.15) is 13.8 Å². The first kappa shape index (κ1) is 14.9. The number of rotatable bonds is 1. The molecule has 0 bridgehead atoms. The lowest BCUT2D eigenvalue weighted by molar-refractivity contribution is -0.134. The van der Waals surface area contributed by atoms with Gasteiger partial charge in [-0.3, -0.25) is 9.59 Å². The van der Waals surface area contributed by atoms with Crippen LogP contribution in [0, 0.1) is 0 Å². The average molecular weight is 302 g/mol. The van der Waals surface area contributed by atoms with E-state index in [1.807, 2.05) is 23.5 Å². The second-order valence-electron chi connectivity index (χ2n) is 4.21. The minimum Gasteiger partial charge on any atom is -0.291 e.